The largest absolute Gasteiger partial charge is 0.316 e. The van der Waals surface area contributed by atoms with Gasteiger partial charge in [0, 0.05) is 6.42 Å². The molecule has 1 rings (SSSR count). The Kier molecular flexibility index (Phi) is 5.15. The second kappa shape index (κ2) is 6.40. The van der Waals surface area contributed by atoms with E-state index in [0.717, 1.165) is 5.56 Å². The van der Waals surface area contributed by atoms with Crippen LogP contribution >= 0.6 is 0 Å². The fraction of sp³-hybridized carbons (Fsp3) is 0.462. The van der Waals surface area contributed by atoms with Gasteiger partial charge in [-0.3, -0.25) is 4.79 Å². The maximum atomic E-state index is 11.9. The first-order valence-electron chi connectivity index (χ1n) is 5.59. The first-order valence-corrected chi connectivity index (χ1v) is 5.59. The van der Waals surface area contributed by atoms with E-state index < -0.39 is 6.04 Å². The summed E-state index contributed by atoms with van der Waals surface area (Å²) in [5.41, 5.74) is 3.09. The molecule has 0 aliphatic heterocycles. The molecule has 0 unspecified atom stereocenters. The number of hydrogen-bond acceptors (Lipinski definition) is 3. The monoisotopic (exact) mass is 221 g/mol. The molecule has 0 aromatic heterocycles. The number of benzene rings is 1. The van der Waals surface area contributed by atoms with Gasteiger partial charge in [-0.05, 0) is 17.9 Å². The lowest BCUT2D eigenvalue weighted by Gasteiger charge is -2.15. The van der Waals surface area contributed by atoms with Gasteiger partial charge in [0.25, 0.3) is 0 Å². The van der Waals surface area contributed by atoms with E-state index in [0.29, 0.717) is 18.8 Å². The van der Waals surface area contributed by atoms with E-state index in [9.17, 15) is 4.79 Å². The highest BCUT2D eigenvalue weighted by molar-refractivity contribution is 5.85. The molecule has 0 bridgehead atoms. The number of ketones is 1. The Labute approximate surface area is 96.4 Å². The van der Waals surface area contributed by atoms with Crippen LogP contribution in [0.15, 0.2) is 30.3 Å². The van der Waals surface area contributed by atoms with Crippen molar-refractivity contribution in [1.82, 2.24) is 5.48 Å². The third-order valence-electron chi connectivity index (χ3n) is 2.47. The zero-order chi connectivity index (χ0) is 12.0. The Morgan fingerprint density at radius 1 is 1.31 bits per heavy atom. The average Bonchev–Trinajstić information content (AvgIpc) is 2.26. The summed E-state index contributed by atoms with van der Waals surface area (Å²) >= 11 is 0. The van der Waals surface area contributed by atoms with Crippen molar-refractivity contribution in [1.29, 1.82) is 0 Å². The molecule has 0 spiro atoms. The Bertz CT molecular complexity index is 322. The molecule has 0 aliphatic carbocycles. The molecule has 0 amide bonds. The number of hydroxylamine groups is 1. The highest BCUT2D eigenvalue weighted by atomic mass is 16.5. The molecule has 0 fully saturated rings. The number of rotatable bonds is 6. The fourth-order valence-corrected chi connectivity index (χ4v) is 1.65. The third kappa shape index (κ3) is 4.13. The van der Waals surface area contributed by atoms with E-state index >= 15 is 0 Å². The van der Waals surface area contributed by atoms with Gasteiger partial charge in [-0.25, -0.2) is 0 Å². The molecule has 3 nitrogen and oxygen atoms in total. The van der Waals surface area contributed by atoms with E-state index in [-0.39, 0.29) is 5.78 Å². The van der Waals surface area contributed by atoms with Gasteiger partial charge in [0.05, 0.1) is 6.04 Å². The second-order valence-corrected chi connectivity index (χ2v) is 4.44. The van der Waals surface area contributed by atoms with Crippen molar-refractivity contribution in [2.24, 2.45) is 5.92 Å². The maximum Gasteiger partial charge on any atom is 0.156 e. The van der Waals surface area contributed by atoms with Crippen LogP contribution in [0.1, 0.15) is 25.8 Å². The maximum absolute atomic E-state index is 11.9. The summed E-state index contributed by atoms with van der Waals surface area (Å²) in [5.74, 6) is 0.409. The molecule has 0 heterocycles. The number of carbonyl (C=O) groups excluding carboxylic acids is 1. The molecule has 1 atom stereocenters. The molecule has 16 heavy (non-hydrogen) atoms. The van der Waals surface area contributed by atoms with Crippen LogP contribution in [0.2, 0.25) is 0 Å². The van der Waals surface area contributed by atoms with Gasteiger partial charge in [-0.1, -0.05) is 44.2 Å². The van der Waals surface area contributed by atoms with E-state index in [4.69, 9.17) is 5.21 Å². The molecular formula is C13H19NO2. The van der Waals surface area contributed by atoms with Crippen LogP contribution in [0.5, 0.6) is 0 Å². The van der Waals surface area contributed by atoms with Gasteiger partial charge < -0.3 is 5.21 Å². The fourth-order valence-electron chi connectivity index (χ4n) is 1.65. The lowest BCUT2D eigenvalue weighted by Crippen LogP contribution is -2.36. The highest BCUT2D eigenvalue weighted by Gasteiger charge is 2.18. The zero-order valence-electron chi connectivity index (χ0n) is 9.81. The second-order valence-electron chi connectivity index (χ2n) is 4.44. The van der Waals surface area contributed by atoms with E-state index in [2.05, 4.69) is 5.48 Å². The van der Waals surface area contributed by atoms with Crippen LogP contribution < -0.4 is 5.48 Å². The summed E-state index contributed by atoms with van der Waals surface area (Å²) in [6.07, 6.45) is 1.02. The van der Waals surface area contributed by atoms with Gasteiger partial charge >= 0.3 is 0 Å². The lowest BCUT2D eigenvalue weighted by atomic mass is 9.97. The summed E-state index contributed by atoms with van der Waals surface area (Å²) in [6, 6.07) is 9.12. The molecule has 1 aromatic rings. The third-order valence-corrected chi connectivity index (χ3v) is 2.47. The molecule has 0 saturated carbocycles. The minimum Gasteiger partial charge on any atom is -0.316 e. The molecule has 88 valence electrons. The van der Waals surface area contributed by atoms with E-state index in [1.165, 1.54) is 0 Å². The smallest absolute Gasteiger partial charge is 0.156 e. The molecule has 0 saturated heterocycles. The standard InChI is InChI=1S/C13H19NO2/c1-10(2)8-12(14-16)13(15)9-11-6-4-3-5-7-11/h3-7,10,12,14,16H,8-9H2,1-2H3/t12-/m0/s1. The van der Waals surface area contributed by atoms with Gasteiger partial charge in [-0.15, -0.1) is 0 Å². The first kappa shape index (κ1) is 12.9. The Morgan fingerprint density at radius 3 is 2.44 bits per heavy atom. The average molecular weight is 221 g/mol. The van der Waals surface area contributed by atoms with Crippen molar-refractivity contribution in [2.75, 3.05) is 0 Å². The van der Waals surface area contributed by atoms with Crippen LogP contribution in [-0.4, -0.2) is 17.0 Å². The first-order chi connectivity index (χ1) is 7.63. The molecule has 1 aromatic carbocycles. The molecule has 0 radical (unpaired) electrons. The summed E-state index contributed by atoms with van der Waals surface area (Å²) in [5, 5.41) is 8.95. The number of carbonyl (C=O) groups is 1. The quantitative estimate of drug-likeness (QED) is 0.724. The molecule has 2 N–H and O–H groups in total. The van der Waals surface area contributed by atoms with Crippen LogP contribution in [-0.2, 0) is 11.2 Å². The predicted molar refractivity (Wildman–Crippen MR) is 63.3 cm³/mol. The topological polar surface area (TPSA) is 49.3 Å². The SMILES string of the molecule is CC(C)C[C@H](NO)C(=O)Cc1ccccc1. The molecular weight excluding hydrogens is 202 g/mol. The van der Waals surface area contributed by atoms with Crippen LogP contribution in [0, 0.1) is 5.92 Å². The van der Waals surface area contributed by atoms with Crippen LogP contribution in [0.3, 0.4) is 0 Å². The van der Waals surface area contributed by atoms with Crippen molar-refractivity contribution < 1.29 is 10.0 Å². The van der Waals surface area contributed by atoms with Gasteiger partial charge in [0.1, 0.15) is 0 Å². The highest BCUT2D eigenvalue weighted by Crippen LogP contribution is 2.08. The number of nitrogens with one attached hydrogen (secondary N) is 1. The lowest BCUT2D eigenvalue weighted by molar-refractivity contribution is -0.123. The minimum absolute atomic E-state index is 0.0300. The number of Topliss-reactive ketones (excluding diaryl/α,β-unsaturated/α-hetero) is 1. The van der Waals surface area contributed by atoms with Crippen molar-refractivity contribution in [3.63, 3.8) is 0 Å². The number of hydrogen-bond donors (Lipinski definition) is 2. The van der Waals surface area contributed by atoms with Crippen molar-refractivity contribution in [3.05, 3.63) is 35.9 Å². The van der Waals surface area contributed by atoms with E-state index in [1.54, 1.807) is 0 Å². The summed E-state index contributed by atoms with van der Waals surface area (Å²) in [4.78, 5) is 11.9. The summed E-state index contributed by atoms with van der Waals surface area (Å²) < 4.78 is 0. The Balaban J connectivity index is 2.56. The summed E-state index contributed by atoms with van der Waals surface area (Å²) in [6.45, 7) is 4.06. The van der Waals surface area contributed by atoms with Crippen LogP contribution in [0.4, 0.5) is 0 Å². The molecule has 3 heteroatoms. The van der Waals surface area contributed by atoms with Gasteiger partial charge in [0.15, 0.2) is 5.78 Å². The zero-order valence-corrected chi connectivity index (χ0v) is 9.81. The Morgan fingerprint density at radius 2 is 1.94 bits per heavy atom. The van der Waals surface area contributed by atoms with Crippen molar-refractivity contribution >= 4 is 5.78 Å². The minimum atomic E-state index is -0.458. The van der Waals surface area contributed by atoms with Gasteiger partial charge in [-0.2, -0.15) is 5.48 Å². The van der Waals surface area contributed by atoms with Gasteiger partial charge in [0.2, 0.25) is 0 Å². The van der Waals surface area contributed by atoms with Crippen molar-refractivity contribution in [2.45, 2.75) is 32.7 Å². The normalized spacial score (nSPS) is 12.8. The van der Waals surface area contributed by atoms with E-state index in [1.807, 2.05) is 44.2 Å². The van der Waals surface area contributed by atoms with Crippen LogP contribution in [0.25, 0.3) is 0 Å². The summed E-state index contributed by atoms with van der Waals surface area (Å²) in [7, 11) is 0. The van der Waals surface area contributed by atoms with Crippen molar-refractivity contribution in [3.8, 4) is 0 Å². The predicted octanol–water partition coefficient (Wildman–Crippen LogP) is 2.19. The Hall–Kier alpha value is -1.19. The molecule has 0 aliphatic rings.